The van der Waals surface area contributed by atoms with Crippen LogP contribution in [0.25, 0.3) is 0 Å². The van der Waals surface area contributed by atoms with Gasteiger partial charge in [-0.05, 0) is 39.7 Å². The average molecular weight is 271 g/mol. The Hall–Kier alpha value is -0.0731. The second-order valence-electron chi connectivity index (χ2n) is 5.40. The summed E-state index contributed by atoms with van der Waals surface area (Å²) < 4.78 is 44.8. The normalized spacial score (nSPS) is 17.3. The predicted octanol–water partition coefficient (Wildman–Crippen LogP) is 3.50. The molecule has 0 rings (SSSR count). The van der Waals surface area contributed by atoms with Gasteiger partial charge >= 0.3 is 6.18 Å². The summed E-state index contributed by atoms with van der Waals surface area (Å²) in [5, 5.41) is 0. The van der Waals surface area contributed by atoms with E-state index >= 15 is 0 Å². The van der Waals surface area contributed by atoms with E-state index in [4.69, 9.17) is 4.43 Å². The Morgan fingerprint density at radius 2 is 1.47 bits per heavy atom. The third kappa shape index (κ3) is 5.40. The minimum Gasteiger partial charge on any atom is -0.403 e. The number of nitrogens with zero attached hydrogens (tertiary/aromatic N) is 1. The van der Waals surface area contributed by atoms with E-state index in [-0.39, 0.29) is 6.54 Å². The van der Waals surface area contributed by atoms with Crippen molar-refractivity contribution in [2.75, 3.05) is 19.6 Å². The number of rotatable bonds is 6. The van der Waals surface area contributed by atoms with Gasteiger partial charge in [0.2, 0.25) is 0 Å². The van der Waals surface area contributed by atoms with Gasteiger partial charge in [0.05, 0.1) is 0 Å². The van der Waals surface area contributed by atoms with Gasteiger partial charge in [-0.3, -0.25) is 0 Å². The van der Waals surface area contributed by atoms with Gasteiger partial charge < -0.3 is 9.33 Å². The predicted molar refractivity (Wildman–Crippen MR) is 66.7 cm³/mol. The van der Waals surface area contributed by atoms with Crippen LogP contribution < -0.4 is 0 Å². The zero-order valence-corrected chi connectivity index (χ0v) is 12.6. The summed E-state index contributed by atoms with van der Waals surface area (Å²) >= 11 is 0. The molecule has 0 aromatic heterocycles. The average Bonchev–Trinajstić information content (AvgIpc) is 2.09. The Labute approximate surface area is 103 Å². The maximum Gasteiger partial charge on any atom is 0.417 e. The summed E-state index contributed by atoms with van der Waals surface area (Å²) in [6.45, 7) is 11.3. The first-order chi connectivity index (χ1) is 7.45. The molecule has 0 aliphatic rings. The molecule has 2 nitrogen and oxygen atoms in total. The topological polar surface area (TPSA) is 12.5 Å². The van der Waals surface area contributed by atoms with Gasteiger partial charge in [-0.25, -0.2) is 0 Å². The molecule has 1 atom stereocenters. The van der Waals surface area contributed by atoms with Crippen molar-refractivity contribution in [2.24, 2.45) is 0 Å². The minimum atomic E-state index is -4.34. The molecule has 0 amide bonds. The van der Waals surface area contributed by atoms with Crippen molar-refractivity contribution in [3.8, 4) is 0 Å². The second-order valence-corrected chi connectivity index (χ2v) is 9.83. The molecule has 17 heavy (non-hydrogen) atoms. The SMILES string of the molecule is CCN(CC)CC(C)(O[Si](C)(C)C)C(F)(F)F. The van der Waals surface area contributed by atoms with E-state index in [0.717, 1.165) is 6.92 Å². The van der Waals surface area contributed by atoms with Crippen LogP contribution in [0.4, 0.5) is 13.2 Å². The molecule has 0 fully saturated rings. The third-order valence-corrected chi connectivity index (χ3v) is 3.61. The van der Waals surface area contributed by atoms with E-state index in [1.807, 2.05) is 13.8 Å². The van der Waals surface area contributed by atoms with Crippen LogP contribution >= 0.6 is 0 Å². The number of likely N-dealkylation sites (N-methyl/N-ethyl adjacent to an activating group) is 1. The smallest absolute Gasteiger partial charge is 0.403 e. The van der Waals surface area contributed by atoms with Gasteiger partial charge in [0, 0.05) is 6.54 Å². The summed E-state index contributed by atoms with van der Waals surface area (Å²) in [6.07, 6.45) is -4.34. The van der Waals surface area contributed by atoms with Crippen molar-refractivity contribution in [3.05, 3.63) is 0 Å². The lowest BCUT2D eigenvalue weighted by Crippen LogP contribution is -2.57. The summed E-state index contributed by atoms with van der Waals surface area (Å²) in [4.78, 5) is 1.74. The van der Waals surface area contributed by atoms with Crippen molar-refractivity contribution in [1.82, 2.24) is 4.90 Å². The molecule has 0 radical (unpaired) electrons. The van der Waals surface area contributed by atoms with E-state index < -0.39 is 20.1 Å². The summed E-state index contributed by atoms with van der Waals surface area (Å²) in [6, 6.07) is 0. The molecular formula is C11H24F3NOSi. The minimum absolute atomic E-state index is 0.103. The molecule has 6 heteroatoms. The van der Waals surface area contributed by atoms with Gasteiger partial charge in [0.1, 0.15) is 0 Å². The van der Waals surface area contributed by atoms with Crippen LogP contribution in [-0.2, 0) is 4.43 Å². The highest BCUT2D eigenvalue weighted by atomic mass is 28.4. The maximum atomic E-state index is 13.1. The molecule has 0 bridgehead atoms. The monoisotopic (exact) mass is 271 g/mol. The number of hydrogen-bond acceptors (Lipinski definition) is 2. The zero-order valence-electron chi connectivity index (χ0n) is 11.6. The van der Waals surface area contributed by atoms with Crippen LogP contribution in [-0.4, -0.2) is 44.6 Å². The van der Waals surface area contributed by atoms with Crippen LogP contribution in [0.1, 0.15) is 20.8 Å². The van der Waals surface area contributed by atoms with Crippen LogP contribution in [0, 0.1) is 0 Å². The first kappa shape index (κ1) is 16.9. The summed E-state index contributed by atoms with van der Waals surface area (Å²) in [7, 11) is -2.24. The van der Waals surface area contributed by atoms with Crippen molar-refractivity contribution in [3.63, 3.8) is 0 Å². The molecule has 0 aliphatic carbocycles. The molecule has 0 spiro atoms. The molecule has 1 unspecified atom stereocenters. The van der Waals surface area contributed by atoms with Crippen LogP contribution in [0.15, 0.2) is 0 Å². The van der Waals surface area contributed by atoms with E-state index in [2.05, 4.69) is 0 Å². The van der Waals surface area contributed by atoms with E-state index in [1.165, 1.54) is 0 Å². The first-order valence-electron chi connectivity index (χ1n) is 5.94. The largest absolute Gasteiger partial charge is 0.417 e. The van der Waals surface area contributed by atoms with Gasteiger partial charge in [0.25, 0.3) is 0 Å². The number of alkyl halides is 3. The van der Waals surface area contributed by atoms with Gasteiger partial charge in [-0.2, -0.15) is 13.2 Å². The molecule has 0 heterocycles. The fourth-order valence-electron chi connectivity index (χ4n) is 1.73. The number of halogens is 3. The Bertz CT molecular complexity index is 236. The van der Waals surface area contributed by atoms with E-state index in [1.54, 1.807) is 24.5 Å². The molecular weight excluding hydrogens is 247 g/mol. The van der Waals surface area contributed by atoms with Gasteiger partial charge in [-0.1, -0.05) is 13.8 Å². The van der Waals surface area contributed by atoms with Crippen molar-refractivity contribution in [1.29, 1.82) is 0 Å². The molecule has 0 saturated carbocycles. The Kier molecular flexibility index (Phi) is 5.69. The molecule has 0 aliphatic heterocycles. The second kappa shape index (κ2) is 5.71. The Balaban J connectivity index is 4.99. The van der Waals surface area contributed by atoms with Crippen LogP contribution in [0.2, 0.25) is 19.6 Å². The van der Waals surface area contributed by atoms with Crippen molar-refractivity contribution >= 4 is 8.32 Å². The molecule has 0 N–H and O–H groups in total. The lowest BCUT2D eigenvalue weighted by atomic mass is 10.1. The Morgan fingerprint density at radius 3 is 1.71 bits per heavy atom. The molecule has 0 aromatic rings. The van der Waals surface area contributed by atoms with E-state index in [9.17, 15) is 13.2 Å². The highest BCUT2D eigenvalue weighted by Gasteiger charge is 2.54. The first-order valence-corrected chi connectivity index (χ1v) is 9.35. The maximum absolute atomic E-state index is 13.1. The lowest BCUT2D eigenvalue weighted by molar-refractivity contribution is -0.249. The highest BCUT2D eigenvalue weighted by Crippen LogP contribution is 2.36. The third-order valence-electron chi connectivity index (χ3n) is 2.55. The summed E-state index contributed by atoms with van der Waals surface area (Å²) in [5.74, 6) is 0. The zero-order chi connectivity index (χ0) is 13.9. The Morgan fingerprint density at radius 1 is 1.06 bits per heavy atom. The van der Waals surface area contributed by atoms with E-state index in [0.29, 0.717) is 13.1 Å². The fourth-order valence-corrected chi connectivity index (χ4v) is 3.26. The molecule has 0 saturated heterocycles. The lowest BCUT2D eigenvalue weighted by Gasteiger charge is -2.40. The van der Waals surface area contributed by atoms with Crippen LogP contribution in [0.3, 0.4) is 0 Å². The van der Waals surface area contributed by atoms with Crippen LogP contribution in [0.5, 0.6) is 0 Å². The van der Waals surface area contributed by atoms with Crippen molar-refractivity contribution < 1.29 is 17.6 Å². The molecule has 104 valence electrons. The molecule has 0 aromatic carbocycles. The fraction of sp³-hybridized carbons (Fsp3) is 1.00. The number of hydrogen-bond donors (Lipinski definition) is 0. The summed E-state index contributed by atoms with van der Waals surface area (Å²) in [5.41, 5.74) is -2.07. The standard InChI is InChI=1S/C11H24F3NOSi/c1-7-15(8-2)9-10(3,11(12,13)14)16-17(4,5)6/h7-9H2,1-6H3. The van der Waals surface area contributed by atoms with Crippen molar-refractivity contribution in [2.45, 2.75) is 52.2 Å². The quantitative estimate of drug-likeness (QED) is 0.686. The highest BCUT2D eigenvalue weighted by molar-refractivity contribution is 6.69. The van der Waals surface area contributed by atoms with Gasteiger partial charge in [-0.15, -0.1) is 0 Å². The van der Waals surface area contributed by atoms with Gasteiger partial charge in [0.15, 0.2) is 13.9 Å².